The highest BCUT2D eigenvalue weighted by Crippen LogP contribution is 2.26. The van der Waals surface area contributed by atoms with Gasteiger partial charge in [0.05, 0.1) is 6.61 Å². The van der Waals surface area contributed by atoms with Crippen molar-refractivity contribution >= 4 is 0 Å². The molecule has 1 aromatic rings. The molecule has 0 saturated heterocycles. The van der Waals surface area contributed by atoms with Crippen LogP contribution in [-0.4, -0.2) is 18.8 Å². The van der Waals surface area contributed by atoms with Crippen molar-refractivity contribution in [3.63, 3.8) is 0 Å². The third-order valence-corrected chi connectivity index (χ3v) is 3.06. The number of ether oxygens (including phenoxy) is 1. The van der Waals surface area contributed by atoms with E-state index in [1.54, 1.807) is 12.1 Å². The van der Waals surface area contributed by atoms with Crippen LogP contribution in [0, 0.1) is 5.82 Å². The van der Waals surface area contributed by atoms with Gasteiger partial charge < -0.3 is 10.1 Å². The van der Waals surface area contributed by atoms with E-state index in [-0.39, 0.29) is 18.8 Å². The maximum atomic E-state index is 13.7. The molecule has 1 fully saturated rings. The second kappa shape index (κ2) is 6.43. The Hall–Kier alpha value is -1.30. The van der Waals surface area contributed by atoms with Crippen LogP contribution in [0.4, 0.5) is 17.6 Å². The zero-order chi connectivity index (χ0) is 14.6. The maximum Gasteiger partial charge on any atom is 0.389 e. The number of hydrogen-bond donors (Lipinski definition) is 1. The van der Waals surface area contributed by atoms with Gasteiger partial charge in [0.15, 0.2) is 11.6 Å². The van der Waals surface area contributed by atoms with Crippen LogP contribution in [0.1, 0.15) is 31.2 Å². The molecular formula is C14H17F4NO. The molecule has 0 amide bonds. The van der Waals surface area contributed by atoms with E-state index >= 15 is 0 Å². The predicted octanol–water partition coefficient (Wildman–Crippen LogP) is 3.80. The van der Waals surface area contributed by atoms with Crippen LogP contribution in [0.2, 0.25) is 0 Å². The van der Waals surface area contributed by atoms with Gasteiger partial charge in [0.25, 0.3) is 0 Å². The summed E-state index contributed by atoms with van der Waals surface area (Å²) in [5, 5.41) is 3.23. The topological polar surface area (TPSA) is 21.3 Å². The average Bonchev–Trinajstić information content (AvgIpc) is 3.17. The second-order valence-electron chi connectivity index (χ2n) is 4.95. The summed E-state index contributed by atoms with van der Waals surface area (Å²) >= 11 is 0. The minimum atomic E-state index is -4.20. The molecule has 1 N–H and O–H groups in total. The van der Waals surface area contributed by atoms with Gasteiger partial charge in [-0.15, -0.1) is 0 Å². The smallest absolute Gasteiger partial charge is 0.389 e. The third-order valence-electron chi connectivity index (χ3n) is 3.06. The zero-order valence-corrected chi connectivity index (χ0v) is 11.0. The average molecular weight is 291 g/mol. The second-order valence-corrected chi connectivity index (χ2v) is 4.95. The largest absolute Gasteiger partial charge is 0.490 e. The Bertz CT molecular complexity index is 443. The number of rotatable bonds is 7. The van der Waals surface area contributed by atoms with Crippen LogP contribution in [0.3, 0.4) is 0 Å². The van der Waals surface area contributed by atoms with Crippen molar-refractivity contribution in [2.24, 2.45) is 0 Å². The Morgan fingerprint density at radius 1 is 1.25 bits per heavy atom. The quantitative estimate of drug-likeness (QED) is 0.609. The monoisotopic (exact) mass is 291 g/mol. The van der Waals surface area contributed by atoms with Gasteiger partial charge in [-0.25, -0.2) is 4.39 Å². The Kier molecular flexibility index (Phi) is 4.86. The minimum absolute atomic E-state index is 0.0582. The van der Waals surface area contributed by atoms with Crippen molar-refractivity contribution in [1.29, 1.82) is 0 Å². The van der Waals surface area contributed by atoms with Crippen LogP contribution in [-0.2, 0) is 6.54 Å². The number of halogens is 4. The molecule has 6 heteroatoms. The first-order chi connectivity index (χ1) is 9.46. The lowest BCUT2D eigenvalue weighted by atomic mass is 10.2. The van der Waals surface area contributed by atoms with Crippen LogP contribution >= 0.6 is 0 Å². The van der Waals surface area contributed by atoms with E-state index in [0.717, 1.165) is 12.8 Å². The third kappa shape index (κ3) is 5.00. The molecule has 2 nitrogen and oxygen atoms in total. The Morgan fingerprint density at radius 2 is 2.00 bits per heavy atom. The van der Waals surface area contributed by atoms with E-state index in [1.165, 1.54) is 6.07 Å². The molecule has 1 saturated carbocycles. The summed E-state index contributed by atoms with van der Waals surface area (Å²) in [6.07, 6.45) is -3.08. The highest BCUT2D eigenvalue weighted by Gasteiger charge is 2.26. The Labute approximate surface area is 115 Å². The predicted molar refractivity (Wildman–Crippen MR) is 67.0 cm³/mol. The highest BCUT2D eigenvalue weighted by molar-refractivity contribution is 5.35. The maximum absolute atomic E-state index is 13.7. The van der Waals surface area contributed by atoms with Gasteiger partial charge in [-0.3, -0.25) is 0 Å². The molecule has 1 aliphatic carbocycles. The molecule has 112 valence electrons. The summed E-state index contributed by atoms with van der Waals surface area (Å²) in [5.41, 5.74) is 0.643. The summed E-state index contributed by atoms with van der Waals surface area (Å²) in [6.45, 7) is 0.327. The molecule has 0 atom stereocenters. The van der Waals surface area contributed by atoms with E-state index < -0.39 is 18.4 Å². The number of alkyl halides is 3. The summed E-state index contributed by atoms with van der Waals surface area (Å²) in [4.78, 5) is 0. The molecule has 0 heterocycles. The summed E-state index contributed by atoms with van der Waals surface area (Å²) in [5.74, 6) is -0.477. The van der Waals surface area contributed by atoms with Crippen molar-refractivity contribution in [3.05, 3.63) is 29.6 Å². The molecule has 0 bridgehead atoms. The summed E-state index contributed by atoms with van der Waals surface area (Å²) < 4.78 is 54.9. The molecule has 20 heavy (non-hydrogen) atoms. The molecule has 0 radical (unpaired) electrons. The lowest BCUT2D eigenvalue weighted by Crippen LogP contribution is -2.17. The molecule has 0 spiro atoms. The molecule has 0 aliphatic heterocycles. The van der Waals surface area contributed by atoms with Crippen molar-refractivity contribution in [2.45, 2.75) is 44.4 Å². The molecule has 1 aromatic carbocycles. The van der Waals surface area contributed by atoms with Crippen molar-refractivity contribution in [3.8, 4) is 5.75 Å². The van der Waals surface area contributed by atoms with Gasteiger partial charge in [0, 0.05) is 24.6 Å². The number of para-hydroxylation sites is 1. The van der Waals surface area contributed by atoms with Crippen molar-refractivity contribution < 1.29 is 22.3 Å². The Morgan fingerprint density at radius 3 is 2.65 bits per heavy atom. The van der Waals surface area contributed by atoms with Gasteiger partial charge in [-0.05, 0) is 25.3 Å². The number of benzene rings is 1. The fraction of sp³-hybridized carbons (Fsp3) is 0.571. The molecular weight excluding hydrogens is 274 g/mol. The van der Waals surface area contributed by atoms with Crippen LogP contribution in [0.25, 0.3) is 0 Å². The first-order valence-electron chi connectivity index (χ1n) is 6.66. The molecule has 1 aliphatic rings. The lowest BCUT2D eigenvalue weighted by Gasteiger charge is -2.13. The fourth-order valence-electron chi connectivity index (χ4n) is 1.84. The highest BCUT2D eigenvalue weighted by atomic mass is 19.4. The molecule has 0 aromatic heterocycles. The summed E-state index contributed by atoms with van der Waals surface area (Å²) in [7, 11) is 0. The lowest BCUT2D eigenvalue weighted by molar-refractivity contribution is -0.136. The van der Waals surface area contributed by atoms with Crippen LogP contribution < -0.4 is 10.1 Å². The van der Waals surface area contributed by atoms with E-state index in [4.69, 9.17) is 4.74 Å². The van der Waals surface area contributed by atoms with E-state index in [9.17, 15) is 17.6 Å². The van der Waals surface area contributed by atoms with Gasteiger partial charge in [0.2, 0.25) is 0 Å². The van der Waals surface area contributed by atoms with Gasteiger partial charge in [-0.2, -0.15) is 13.2 Å². The van der Waals surface area contributed by atoms with Crippen molar-refractivity contribution in [2.75, 3.05) is 6.61 Å². The van der Waals surface area contributed by atoms with Crippen LogP contribution in [0.15, 0.2) is 18.2 Å². The SMILES string of the molecule is Fc1cccc(CNC2CC2)c1OCCCC(F)(F)F. The van der Waals surface area contributed by atoms with E-state index in [1.807, 2.05) is 0 Å². The first kappa shape index (κ1) is 15.1. The fourth-order valence-corrected chi connectivity index (χ4v) is 1.84. The van der Waals surface area contributed by atoms with E-state index in [2.05, 4.69) is 5.32 Å². The van der Waals surface area contributed by atoms with Gasteiger partial charge in [-0.1, -0.05) is 12.1 Å². The molecule has 2 rings (SSSR count). The standard InChI is InChI=1S/C14H17F4NO/c15-12-4-1-3-10(9-19-11-5-6-11)13(12)20-8-2-7-14(16,17)18/h1,3-4,11,19H,2,5-9H2. The Balaban J connectivity index is 1.87. The minimum Gasteiger partial charge on any atom is -0.490 e. The number of nitrogens with one attached hydrogen (secondary N) is 1. The molecule has 0 unspecified atom stereocenters. The summed E-state index contributed by atoms with van der Waals surface area (Å²) in [6, 6.07) is 5.01. The van der Waals surface area contributed by atoms with Crippen molar-refractivity contribution in [1.82, 2.24) is 5.32 Å². The van der Waals surface area contributed by atoms with Crippen LogP contribution in [0.5, 0.6) is 5.75 Å². The normalized spacial score (nSPS) is 15.4. The first-order valence-corrected chi connectivity index (χ1v) is 6.66. The zero-order valence-electron chi connectivity index (χ0n) is 11.0. The van der Waals surface area contributed by atoms with Gasteiger partial charge >= 0.3 is 6.18 Å². The van der Waals surface area contributed by atoms with Gasteiger partial charge in [0.1, 0.15) is 0 Å². The number of hydrogen-bond acceptors (Lipinski definition) is 2. The van der Waals surface area contributed by atoms with E-state index in [0.29, 0.717) is 18.2 Å².